The molecule has 0 saturated heterocycles. The summed E-state index contributed by atoms with van der Waals surface area (Å²) in [6, 6.07) is 8.79. The van der Waals surface area contributed by atoms with Crippen molar-refractivity contribution in [2.75, 3.05) is 18.9 Å². The molecular weight excluding hydrogens is 326 g/mol. The van der Waals surface area contributed by atoms with E-state index in [1.807, 2.05) is 6.07 Å². The minimum Gasteiger partial charge on any atom is -0.462 e. The predicted molar refractivity (Wildman–Crippen MR) is 89.9 cm³/mol. The number of nitrogen functional groups attached to an aromatic ring is 1. The van der Waals surface area contributed by atoms with E-state index in [1.54, 1.807) is 28.8 Å². The summed E-state index contributed by atoms with van der Waals surface area (Å²) in [5.74, 6) is -0.341. The summed E-state index contributed by atoms with van der Waals surface area (Å²) in [5, 5.41) is 0. The van der Waals surface area contributed by atoms with E-state index in [0.29, 0.717) is 24.2 Å². The molecule has 130 valence electrons. The minimum atomic E-state index is -0.394. The third kappa shape index (κ3) is 4.01. The number of carbonyl (C=O) groups is 1. The predicted octanol–water partition coefficient (Wildman–Crippen LogP) is 0.923. The summed E-state index contributed by atoms with van der Waals surface area (Å²) in [5.41, 5.74) is 6.21. The van der Waals surface area contributed by atoms with Crippen LogP contribution < -0.4 is 11.3 Å². The molecule has 3 N–H and O–H groups in total. The van der Waals surface area contributed by atoms with Gasteiger partial charge in [0.15, 0.2) is 11.2 Å². The first-order valence-electron chi connectivity index (χ1n) is 7.65. The minimum absolute atomic E-state index is 0.0204. The van der Waals surface area contributed by atoms with E-state index in [2.05, 4.69) is 15.0 Å². The standard InChI is InChI=1S/C16H17N5O4/c17-16-19-13-12(14(22)20-16)18-9-21(13)10-24-7-4-8-25-15(23)11-5-2-1-3-6-11/h1-3,5-6,9H,4,7-8,10H2,(H3,17,19,20,22). The third-order valence-corrected chi connectivity index (χ3v) is 3.40. The van der Waals surface area contributed by atoms with Crippen molar-refractivity contribution in [2.45, 2.75) is 13.2 Å². The molecular formula is C16H17N5O4. The Morgan fingerprint density at radius 3 is 2.84 bits per heavy atom. The highest BCUT2D eigenvalue weighted by Crippen LogP contribution is 2.06. The van der Waals surface area contributed by atoms with Crippen molar-refractivity contribution in [2.24, 2.45) is 0 Å². The van der Waals surface area contributed by atoms with E-state index >= 15 is 0 Å². The average Bonchev–Trinajstić information content (AvgIpc) is 3.01. The van der Waals surface area contributed by atoms with Gasteiger partial charge in [-0.15, -0.1) is 0 Å². The summed E-state index contributed by atoms with van der Waals surface area (Å²) in [7, 11) is 0. The van der Waals surface area contributed by atoms with Gasteiger partial charge >= 0.3 is 5.97 Å². The molecule has 0 radical (unpaired) electrons. The lowest BCUT2D eigenvalue weighted by Gasteiger charge is -2.07. The van der Waals surface area contributed by atoms with Crippen LogP contribution in [-0.4, -0.2) is 38.7 Å². The Morgan fingerprint density at radius 2 is 2.04 bits per heavy atom. The summed E-state index contributed by atoms with van der Waals surface area (Å²) in [6.07, 6.45) is 2.00. The molecule has 0 unspecified atom stereocenters. The van der Waals surface area contributed by atoms with Gasteiger partial charge in [-0.3, -0.25) is 14.3 Å². The van der Waals surface area contributed by atoms with E-state index < -0.39 is 5.56 Å². The van der Waals surface area contributed by atoms with Gasteiger partial charge in [0.05, 0.1) is 25.1 Å². The number of rotatable bonds is 7. The van der Waals surface area contributed by atoms with Crippen molar-refractivity contribution >= 4 is 23.1 Å². The second-order valence-electron chi connectivity index (χ2n) is 5.23. The normalized spacial score (nSPS) is 10.9. The van der Waals surface area contributed by atoms with Crippen LogP contribution in [-0.2, 0) is 16.2 Å². The van der Waals surface area contributed by atoms with Gasteiger partial charge in [0.25, 0.3) is 5.56 Å². The molecule has 1 aromatic carbocycles. The lowest BCUT2D eigenvalue weighted by molar-refractivity contribution is 0.0377. The summed E-state index contributed by atoms with van der Waals surface area (Å²) in [4.78, 5) is 33.8. The Morgan fingerprint density at radius 1 is 1.24 bits per heavy atom. The zero-order valence-electron chi connectivity index (χ0n) is 13.3. The van der Waals surface area contributed by atoms with Crippen molar-refractivity contribution < 1.29 is 14.3 Å². The summed E-state index contributed by atoms with van der Waals surface area (Å²) in [6.45, 7) is 0.794. The van der Waals surface area contributed by atoms with Gasteiger partial charge in [0.2, 0.25) is 5.95 Å². The van der Waals surface area contributed by atoms with Crippen molar-refractivity contribution in [3.8, 4) is 0 Å². The Kier molecular flexibility index (Phi) is 5.05. The maximum absolute atomic E-state index is 11.7. The lowest BCUT2D eigenvalue weighted by atomic mass is 10.2. The van der Waals surface area contributed by atoms with Gasteiger partial charge in [-0.2, -0.15) is 4.98 Å². The van der Waals surface area contributed by atoms with Crippen LogP contribution >= 0.6 is 0 Å². The monoisotopic (exact) mass is 343 g/mol. The van der Waals surface area contributed by atoms with Gasteiger partial charge in [0.1, 0.15) is 6.73 Å². The molecule has 0 amide bonds. The molecule has 0 aliphatic rings. The highest BCUT2D eigenvalue weighted by atomic mass is 16.5. The molecule has 0 aliphatic carbocycles. The second-order valence-corrected chi connectivity index (χ2v) is 5.23. The molecule has 0 saturated carbocycles. The van der Waals surface area contributed by atoms with E-state index in [9.17, 15) is 9.59 Å². The van der Waals surface area contributed by atoms with Crippen molar-refractivity contribution in [1.29, 1.82) is 0 Å². The van der Waals surface area contributed by atoms with E-state index in [-0.39, 0.29) is 30.8 Å². The highest BCUT2D eigenvalue weighted by molar-refractivity contribution is 5.89. The molecule has 25 heavy (non-hydrogen) atoms. The largest absolute Gasteiger partial charge is 0.462 e. The highest BCUT2D eigenvalue weighted by Gasteiger charge is 2.09. The fourth-order valence-electron chi connectivity index (χ4n) is 2.21. The van der Waals surface area contributed by atoms with Crippen LogP contribution in [0.25, 0.3) is 11.2 Å². The molecule has 2 aromatic heterocycles. The summed E-state index contributed by atoms with van der Waals surface area (Å²) < 4.78 is 12.2. The van der Waals surface area contributed by atoms with Crippen LogP contribution in [0.1, 0.15) is 16.8 Å². The van der Waals surface area contributed by atoms with Crippen molar-refractivity contribution in [3.63, 3.8) is 0 Å². The van der Waals surface area contributed by atoms with Gasteiger partial charge in [0, 0.05) is 6.42 Å². The maximum atomic E-state index is 11.7. The maximum Gasteiger partial charge on any atom is 0.338 e. The Bertz CT molecular complexity index is 919. The number of carbonyl (C=O) groups excluding carboxylic acids is 1. The first kappa shape index (κ1) is 16.7. The average molecular weight is 343 g/mol. The fourth-order valence-corrected chi connectivity index (χ4v) is 2.21. The van der Waals surface area contributed by atoms with Gasteiger partial charge in [-0.05, 0) is 12.1 Å². The number of hydrogen-bond donors (Lipinski definition) is 2. The molecule has 3 aromatic rings. The van der Waals surface area contributed by atoms with E-state index in [4.69, 9.17) is 15.2 Å². The fraction of sp³-hybridized carbons (Fsp3) is 0.250. The van der Waals surface area contributed by atoms with E-state index in [0.717, 1.165) is 0 Å². The summed E-state index contributed by atoms with van der Waals surface area (Å²) >= 11 is 0. The van der Waals surface area contributed by atoms with Gasteiger partial charge < -0.3 is 15.2 Å². The molecule has 9 heteroatoms. The lowest BCUT2D eigenvalue weighted by Crippen LogP contribution is -2.13. The number of anilines is 1. The van der Waals surface area contributed by atoms with Crippen LogP contribution in [0.2, 0.25) is 0 Å². The van der Waals surface area contributed by atoms with Crippen LogP contribution in [0, 0.1) is 0 Å². The zero-order chi connectivity index (χ0) is 17.6. The van der Waals surface area contributed by atoms with Crippen LogP contribution in [0.15, 0.2) is 41.5 Å². The topological polar surface area (TPSA) is 125 Å². The first-order valence-corrected chi connectivity index (χ1v) is 7.65. The molecule has 0 bridgehead atoms. The number of fused-ring (bicyclic) bond motifs is 1. The number of nitrogens with zero attached hydrogens (tertiary/aromatic N) is 3. The van der Waals surface area contributed by atoms with Crippen molar-refractivity contribution in [3.05, 3.63) is 52.6 Å². The molecule has 0 atom stereocenters. The number of ether oxygens (including phenoxy) is 2. The number of nitrogens with two attached hydrogens (primary N) is 1. The Hall–Kier alpha value is -3.20. The number of nitrogens with one attached hydrogen (secondary N) is 1. The zero-order valence-corrected chi connectivity index (χ0v) is 13.3. The number of imidazole rings is 1. The van der Waals surface area contributed by atoms with Gasteiger partial charge in [-0.1, -0.05) is 18.2 Å². The number of H-pyrrole nitrogens is 1. The number of benzene rings is 1. The molecule has 0 spiro atoms. The quantitative estimate of drug-likeness (QED) is 0.483. The number of aromatic nitrogens is 4. The Balaban J connectivity index is 1.43. The third-order valence-electron chi connectivity index (χ3n) is 3.40. The van der Waals surface area contributed by atoms with Crippen LogP contribution in [0.3, 0.4) is 0 Å². The molecule has 3 rings (SSSR count). The van der Waals surface area contributed by atoms with Crippen LogP contribution in [0.5, 0.6) is 0 Å². The molecule has 9 nitrogen and oxygen atoms in total. The first-order chi connectivity index (χ1) is 12.1. The van der Waals surface area contributed by atoms with E-state index in [1.165, 1.54) is 6.33 Å². The van der Waals surface area contributed by atoms with Crippen LogP contribution in [0.4, 0.5) is 5.95 Å². The Labute approximate surface area is 142 Å². The van der Waals surface area contributed by atoms with Crippen molar-refractivity contribution in [1.82, 2.24) is 19.5 Å². The number of aromatic amines is 1. The smallest absolute Gasteiger partial charge is 0.338 e. The number of esters is 1. The van der Waals surface area contributed by atoms with Gasteiger partial charge in [-0.25, -0.2) is 9.78 Å². The molecule has 0 aliphatic heterocycles. The molecule has 2 heterocycles. The number of hydrogen-bond acceptors (Lipinski definition) is 7. The molecule has 0 fully saturated rings. The SMILES string of the molecule is Nc1nc2c(ncn2COCCCOC(=O)c2ccccc2)c(=O)[nH]1. The second kappa shape index (κ2) is 7.58.